The third kappa shape index (κ3) is 4.20. The third-order valence-corrected chi connectivity index (χ3v) is 8.13. The number of anilines is 1. The maximum absolute atomic E-state index is 13.2. The van der Waals surface area contributed by atoms with E-state index in [9.17, 15) is 4.79 Å². The molecule has 3 aromatic heterocycles. The average molecular weight is 513 g/mol. The van der Waals surface area contributed by atoms with Gasteiger partial charge in [-0.25, -0.2) is 4.98 Å². The molecule has 1 amide bonds. The minimum absolute atomic E-state index is 0.0141. The Morgan fingerprint density at radius 2 is 1.81 bits per heavy atom. The van der Waals surface area contributed by atoms with E-state index in [1.165, 1.54) is 4.88 Å². The topological polar surface area (TPSA) is 67.2 Å². The first kappa shape index (κ1) is 22.6. The zero-order valence-corrected chi connectivity index (χ0v) is 21.6. The molecule has 1 aliphatic rings. The predicted octanol–water partition coefficient (Wildman–Crippen LogP) is 5.52. The third-order valence-electron chi connectivity index (χ3n) is 6.32. The molecular weight excluding hydrogens is 488 g/mol. The first-order valence-electron chi connectivity index (χ1n) is 11.7. The fourth-order valence-corrected chi connectivity index (χ4v) is 5.88. The number of fused-ring (bicyclic) bond motifs is 1. The van der Waals surface area contributed by atoms with Crippen LogP contribution in [0.1, 0.15) is 16.2 Å². The van der Waals surface area contributed by atoms with Crippen molar-refractivity contribution in [3.63, 3.8) is 0 Å². The highest BCUT2D eigenvalue weighted by molar-refractivity contribution is 7.13. The van der Waals surface area contributed by atoms with Gasteiger partial charge < -0.3 is 14.4 Å². The average Bonchev–Trinajstić information content (AvgIpc) is 3.69. The summed E-state index contributed by atoms with van der Waals surface area (Å²) >= 11 is 3.29. The van der Waals surface area contributed by atoms with E-state index in [4.69, 9.17) is 4.98 Å². The molecule has 1 aliphatic heterocycles. The van der Waals surface area contributed by atoms with Gasteiger partial charge in [0.05, 0.1) is 6.54 Å². The molecule has 0 unspecified atom stereocenters. The summed E-state index contributed by atoms with van der Waals surface area (Å²) in [6.07, 6.45) is 0. The maximum atomic E-state index is 13.2. The second-order valence-corrected chi connectivity index (χ2v) is 10.7. The Hall–Kier alpha value is -3.82. The van der Waals surface area contributed by atoms with Gasteiger partial charge >= 0.3 is 0 Å². The SMILES string of the molecule is CN(C)c1cccc(-c2nc(-c3nnc4n3CCN(C(=O)c3ccc(-c5cccs5)cc3)C4)cs2)c1. The largest absolute Gasteiger partial charge is 0.378 e. The van der Waals surface area contributed by atoms with Crippen molar-refractivity contribution < 1.29 is 4.79 Å². The van der Waals surface area contributed by atoms with Gasteiger partial charge in [-0.2, -0.15) is 0 Å². The lowest BCUT2D eigenvalue weighted by Crippen LogP contribution is -2.38. The van der Waals surface area contributed by atoms with Gasteiger partial charge in [-0.05, 0) is 41.3 Å². The summed E-state index contributed by atoms with van der Waals surface area (Å²) in [6, 6.07) is 20.3. The van der Waals surface area contributed by atoms with Crippen molar-refractivity contribution in [3.05, 3.63) is 82.8 Å². The molecule has 0 N–H and O–H groups in total. The van der Waals surface area contributed by atoms with Crippen molar-refractivity contribution in [2.24, 2.45) is 0 Å². The summed E-state index contributed by atoms with van der Waals surface area (Å²) in [7, 11) is 4.06. The van der Waals surface area contributed by atoms with Crippen LogP contribution in [-0.2, 0) is 13.1 Å². The first-order chi connectivity index (χ1) is 17.6. The lowest BCUT2D eigenvalue weighted by molar-refractivity contribution is 0.0708. The summed E-state index contributed by atoms with van der Waals surface area (Å²) < 4.78 is 2.08. The van der Waals surface area contributed by atoms with Crippen LogP contribution in [0.15, 0.2) is 71.4 Å². The van der Waals surface area contributed by atoms with Crippen molar-refractivity contribution in [2.75, 3.05) is 25.5 Å². The standard InChI is InChI=1S/C27H24N6OS2/c1-31(2)21-6-3-5-20(15-21)26-28-22(17-36-26)25-30-29-24-16-32(12-13-33(24)25)27(34)19-10-8-18(9-11-19)23-7-4-14-35-23/h3-11,14-15,17H,12-13,16H2,1-2H3. The molecule has 0 atom stereocenters. The van der Waals surface area contributed by atoms with Crippen molar-refractivity contribution in [1.82, 2.24) is 24.6 Å². The van der Waals surface area contributed by atoms with Crippen LogP contribution in [0.25, 0.3) is 32.5 Å². The van der Waals surface area contributed by atoms with E-state index in [1.54, 1.807) is 22.7 Å². The van der Waals surface area contributed by atoms with Gasteiger partial charge in [-0.1, -0.05) is 30.3 Å². The van der Waals surface area contributed by atoms with E-state index < -0.39 is 0 Å². The van der Waals surface area contributed by atoms with Crippen molar-refractivity contribution >= 4 is 34.3 Å². The molecule has 9 heteroatoms. The summed E-state index contributed by atoms with van der Waals surface area (Å²) in [4.78, 5) is 23.2. The van der Waals surface area contributed by atoms with E-state index in [-0.39, 0.29) is 5.91 Å². The molecule has 5 aromatic rings. The molecular formula is C27H24N6OS2. The highest BCUT2D eigenvalue weighted by atomic mass is 32.1. The zero-order valence-electron chi connectivity index (χ0n) is 20.0. The maximum Gasteiger partial charge on any atom is 0.254 e. The number of hydrogen-bond acceptors (Lipinski definition) is 7. The van der Waals surface area contributed by atoms with Crippen LogP contribution in [0.2, 0.25) is 0 Å². The highest BCUT2D eigenvalue weighted by Crippen LogP contribution is 2.31. The van der Waals surface area contributed by atoms with E-state index >= 15 is 0 Å². The molecule has 0 spiro atoms. The molecule has 6 rings (SSSR count). The van der Waals surface area contributed by atoms with Gasteiger partial charge in [0.1, 0.15) is 10.7 Å². The second-order valence-electron chi connectivity index (χ2n) is 8.86. The lowest BCUT2D eigenvalue weighted by atomic mass is 10.1. The first-order valence-corrected chi connectivity index (χ1v) is 13.4. The Morgan fingerprint density at radius 3 is 2.58 bits per heavy atom. The van der Waals surface area contributed by atoms with Gasteiger partial charge in [0.2, 0.25) is 0 Å². The fourth-order valence-electron chi connectivity index (χ4n) is 4.35. The van der Waals surface area contributed by atoms with E-state index in [2.05, 4.69) is 49.3 Å². The Balaban J connectivity index is 1.19. The Labute approximate surface area is 217 Å². The number of amides is 1. The van der Waals surface area contributed by atoms with Crippen LogP contribution >= 0.6 is 22.7 Å². The summed E-state index contributed by atoms with van der Waals surface area (Å²) in [5.41, 5.74) is 4.84. The normalized spacial score (nSPS) is 13.0. The number of hydrogen-bond donors (Lipinski definition) is 0. The second kappa shape index (κ2) is 9.33. The van der Waals surface area contributed by atoms with Gasteiger partial charge in [0, 0.05) is 54.3 Å². The van der Waals surface area contributed by atoms with Crippen molar-refractivity contribution in [2.45, 2.75) is 13.1 Å². The van der Waals surface area contributed by atoms with Crippen molar-refractivity contribution in [3.8, 4) is 32.5 Å². The molecule has 0 aliphatic carbocycles. The van der Waals surface area contributed by atoms with E-state index in [0.29, 0.717) is 25.2 Å². The van der Waals surface area contributed by atoms with Crippen molar-refractivity contribution in [1.29, 1.82) is 0 Å². The molecule has 0 fully saturated rings. The number of carbonyl (C=O) groups excluding carboxylic acids is 1. The lowest BCUT2D eigenvalue weighted by Gasteiger charge is -2.27. The number of rotatable bonds is 5. The Kier molecular flexibility index (Phi) is 5.86. The van der Waals surface area contributed by atoms with Crippen LogP contribution in [-0.4, -0.2) is 51.2 Å². The minimum Gasteiger partial charge on any atom is -0.378 e. The number of carbonyl (C=O) groups is 1. The van der Waals surface area contributed by atoms with Gasteiger partial charge in [-0.15, -0.1) is 32.9 Å². The molecule has 0 saturated carbocycles. The molecule has 7 nitrogen and oxygen atoms in total. The smallest absolute Gasteiger partial charge is 0.254 e. The Bertz CT molecular complexity index is 1520. The Morgan fingerprint density at radius 1 is 0.944 bits per heavy atom. The zero-order chi connectivity index (χ0) is 24.6. The van der Waals surface area contributed by atoms with Crippen LogP contribution in [0.5, 0.6) is 0 Å². The van der Waals surface area contributed by atoms with Crippen LogP contribution < -0.4 is 4.90 Å². The molecule has 36 heavy (non-hydrogen) atoms. The molecule has 180 valence electrons. The van der Waals surface area contributed by atoms with E-state index in [1.807, 2.05) is 60.8 Å². The monoisotopic (exact) mass is 512 g/mol. The van der Waals surface area contributed by atoms with Gasteiger partial charge in [0.15, 0.2) is 11.6 Å². The predicted molar refractivity (Wildman–Crippen MR) is 145 cm³/mol. The molecule has 2 aromatic carbocycles. The number of thiophene rings is 1. The summed E-state index contributed by atoms with van der Waals surface area (Å²) in [5.74, 6) is 1.55. The quantitative estimate of drug-likeness (QED) is 0.310. The number of nitrogens with zero attached hydrogens (tertiary/aromatic N) is 6. The fraction of sp³-hybridized carbons (Fsp3) is 0.185. The van der Waals surface area contributed by atoms with Gasteiger partial charge in [-0.3, -0.25) is 4.79 Å². The molecule has 0 bridgehead atoms. The van der Waals surface area contributed by atoms with E-state index in [0.717, 1.165) is 39.2 Å². The molecule has 0 saturated heterocycles. The number of aromatic nitrogens is 4. The summed E-state index contributed by atoms with van der Waals surface area (Å²) in [6.45, 7) is 1.67. The number of thiazole rings is 1. The van der Waals surface area contributed by atoms with Gasteiger partial charge in [0.25, 0.3) is 5.91 Å². The van der Waals surface area contributed by atoms with Crippen LogP contribution in [0, 0.1) is 0 Å². The summed E-state index contributed by atoms with van der Waals surface area (Å²) in [5, 5.41) is 13.9. The molecule has 4 heterocycles. The highest BCUT2D eigenvalue weighted by Gasteiger charge is 2.26. The van der Waals surface area contributed by atoms with Crippen LogP contribution in [0.3, 0.4) is 0 Å². The minimum atomic E-state index is 0.0141. The molecule has 0 radical (unpaired) electrons. The van der Waals surface area contributed by atoms with Crippen LogP contribution in [0.4, 0.5) is 5.69 Å². The number of benzene rings is 2.